The van der Waals surface area contributed by atoms with Gasteiger partial charge in [0.25, 0.3) is 0 Å². The van der Waals surface area contributed by atoms with Crippen LogP contribution in [0, 0.1) is 0 Å². The van der Waals surface area contributed by atoms with E-state index in [2.05, 4.69) is 10.4 Å². The zero-order chi connectivity index (χ0) is 12.1. The summed E-state index contributed by atoms with van der Waals surface area (Å²) in [6.07, 6.45) is 6.83. The molecule has 4 nitrogen and oxygen atoms in total. The van der Waals surface area contributed by atoms with Crippen LogP contribution in [0.25, 0.3) is 6.08 Å². The van der Waals surface area contributed by atoms with Gasteiger partial charge in [-0.05, 0) is 17.5 Å². The van der Waals surface area contributed by atoms with Gasteiger partial charge in [0.05, 0.1) is 12.7 Å². The largest absolute Gasteiger partial charge is 0.348 e. The van der Waals surface area contributed by atoms with Gasteiger partial charge in [-0.2, -0.15) is 5.10 Å². The first-order chi connectivity index (χ1) is 8.24. The van der Waals surface area contributed by atoms with Gasteiger partial charge >= 0.3 is 0 Å². The third-order valence-corrected chi connectivity index (χ3v) is 3.05. The summed E-state index contributed by atoms with van der Waals surface area (Å²) < 4.78 is 1.70. The molecule has 0 saturated carbocycles. The fourth-order valence-electron chi connectivity index (χ4n) is 1.34. The Morgan fingerprint density at radius 1 is 1.65 bits per heavy atom. The van der Waals surface area contributed by atoms with E-state index in [-0.39, 0.29) is 5.91 Å². The minimum absolute atomic E-state index is 0.0951. The first-order valence-electron chi connectivity index (χ1n) is 5.21. The Balaban J connectivity index is 1.83. The molecule has 0 spiro atoms. The van der Waals surface area contributed by atoms with Gasteiger partial charge in [0.1, 0.15) is 0 Å². The number of amides is 1. The van der Waals surface area contributed by atoms with Crippen molar-refractivity contribution in [1.29, 1.82) is 0 Å². The van der Waals surface area contributed by atoms with E-state index in [9.17, 15) is 4.79 Å². The highest BCUT2D eigenvalue weighted by Crippen LogP contribution is 2.07. The topological polar surface area (TPSA) is 46.9 Å². The fraction of sp³-hybridized carbons (Fsp3) is 0.167. The quantitative estimate of drug-likeness (QED) is 0.838. The molecule has 17 heavy (non-hydrogen) atoms. The van der Waals surface area contributed by atoms with E-state index < -0.39 is 0 Å². The summed E-state index contributed by atoms with van der Waals surface area (Å²) in [5.41, 5.74) is 0.916. The molecule has 0 radical (unpaired) electrons. The van der Waals surface area contributed by atoms with Gasteiger partial charge in [0.15, 0.2) is 0 Å². The minimum atomic E-state index is -0.0951. The smallest absolute Gasteiger partial charge is 0.244 e. The molecule has 1 amide bonds. The molecule has 2 heterocycles. The van der Waals surface area contributed by atoms with Crippen LogP contribution in [0.4, 0.5) is 0 Å². The number of rotatable bonds is 4. The van der Waals surface area contributed by atoms with Crippen LogP contribution in [0.3, 0.4) is 0 Å². The monoisotopic (exact) mass is 247 g/mol. The predicted molar refractivity (Wildman–Crippen MR) is 68.4 cm³/mol. The zero-order valence-electron chi connectivity index (χ0n) is 9.46. The molecule has 2 aromatic heterocycles. The normalized spacial score (nSPS) is 10.9. The summed E-state index contributed by atoms with van der Waals surface area (Å²) in [7, 11) is 1.84. The fourth-order valence-corrected chi connectivity index (χ4v) is 1.99. The highest BCUT2D eigenvalue weighted by molar-refractivity contribution is 7.09. The molecule has 0 aliphatic rings. The molecular weight excluding hydrogens is 234 g/mol. The maximum atomic E-state index is 11.5. The molecule has 0 atom stereocenters. The van der Waals surface area contributed by atoms with Gasteiger partial charge in [-0.25, -0.2) is 0 Å². The lowest BCUT2D eigenvalue weighted by Crippen LogP contribution is -2.19. The molecular formula is C12H13N3OS. The number of nitrogens with zero attached hydrogens (tertiary/aromatic N) is 2. The van der Waals surface area contributed by atoms with Crippen molar-refractivity contribution < 1.29 is 4.79 Å². The number of nitrogens with one attached hydrogen (secondary N) is 1. The summed E-state index contributed by atoms with van der Waals surface area (Å²) in [5, 5.41) is 8.83. The van der Waals surface area contributed by atoms with Crippen molar-refractivity contribution in [2.24, 2.45) is 7.05 Å². The molecule has 0 unspecified atom stereocenters. The Kier molecular flexibility index (Phi) is 3.72. The van der Waals surface area contributed by atoms with Crippen LogP contribution < -0.4 is 5.32 Å². The summed E-state index contributed by atoms with van der Waals surface area (Å²) in [6, 6.07) is 3.97. The maximum absolute atomic E-state index is 11.5. The van der Waals surface area contributed by atoms with Gasteiger partial charge in [0, 0.05) is 29.8 Å². The van der Waals surface area contributed by atoms with E-state index >= 15 is 0 Å². The van der Waals surface area contributed by atoms with E-state index in [1.54, 1.807) is 28.3 Å². The van der Waals surface area contributed by atoms with Crippen LogP contribution in [-0.2, 0) is 18.4 Å². The molecule has 0 fully saturated rings. The van der Waals surface area contributed by atoms with Gasteiger partial charge in [-0.1, -0.05) is 6.07 Å². The molecule has 1 N–H and O–H groups in total. The number of hydrogen-bond donors (Lipinski definition) is 1. The van der Waals surface area contributed by atoms with E-state index in [1.807, 2.05) is 30.8 Å². The predicted octanol–water partition coefficient (Wildman–Crippen LogP) is 1.81. The van der Waals surface area contributed by atoms with Crippen LogP contribution in [0.1, 0.15) is 10.4 Å². The summed E-state index contributed by atoms with van der Waals surface area (Å²) in [6.45, 7) is 0.577. The van der Waals surface area contributed by atoms with Crippen LogP contribution in [0.5, 0.6) is 0 Å². The van der Waals surface area contributed by atoms with Gasteiger partial charge in [-0.3, -0.25) is 9.48 Å². The van der Waals surface area contributed by atoms with Crippen LogP contribution in [-0.4, -0.2) is 15.7 Å². The lowest BCUT2D eigenvalue weighted by atomic mass is 10.3. The van der Waals surface area contributed by atoms with E-state index in [0.29, 0.717) is 6.54 Å². The molecule has 0 aliphatic carbocycles. The summed E-state index contributed by atoms with van der Waals surface area (Å²) in [4.78, 5) is 12.6. The van der Waals surface area contributed by atoms with E-state index in [1.165, 1.54) is 6.08 Å². The van der Waals surface area contributed by atoms with Gasteiger partial charge in [-0.15, -0.1) is 11.3 Å². The Morgan fingerprint density at radius 3 is 3.18 bits per heavy atom. The average molecular weight is 247 g/mol. The molecule has 5 heteroatoms. The van der Waals surface area contributed by atoms with Gasteiger partial charge < -0.3 is 5.32 Å². The number of aryl methyl sites for hydroxylation is 1. The van der Waals surface area contributed by atoms with Crippen molar-refractivity contribution in [3.8, 4) is 0 Å². The zero-order valence-corrected chi connectivity index (χ0v) is 10.3. The molecule has 0 aliphatic heterocycles. The Hall–Kier alpha value is -1.88. The number of thiophene rings is 1. The number of hydrogen-bond acceptors (Lipinski definition) is 3. The first-order valence-corrected chi connectivity index (χ1v) is 6.09. The summed E-state index contributed by atoms with van der Waals surface area (Å²) >= 11 is 1.63. The Morgan fingerprint density at radius 2 is 2.53 bits per heavy atom. The van der Waals surface area contributed by atoms with Crippen LogP contribution in [0.2, 0.25) is 0 Å². The SMILES string of the molecule is Cn1cc(/C=C/C(=O)NCc2cccs2)cn1. The lowest BCUT2D eigenvalue weighted by molar-refractivity contribution is -0.116. The molecule has 0 saturated heterocycles. The Bertz CT molecular complexity index is 514. The van der Waals surface area contributed by atoms with Crippen molar-refractivity contribution in [2.45, 2.75) is 6.54 Å². The number of carbonyl (C=O) groups excluding carboxylic acids is 1. The number of aromatic nitrogens is 2. The standard InChI is InChI=1S/C12H13N3OS/c1-15-9-10(7-14-15)4-5-12(16)13-8-11-3-2-6-17-11/h2-7,9H,8H2,1H3,(H,13,16)/b5-4+. The maximum Gasteiger partial charge on any atom is 0.244 e. The molecule has 0 aromatic carbocycles. The van der Waals surface area contributed by atoms with Crippen molar-refractivity contribution in [1.82, 2.24) is 15.1 Å². The second-order valence-electron chi connectivity index (χ2n) is 3.58. The number of carbonyl (C=O) groups is 1. The van der Waals surface area contributed by atoms with Crippen LogP contribution in [0.15, 0.2) is 36.0 Å². The second-order valence-corrected chi connectivity index (χ2v) is 4.61. The molecule has 0 bridgehead atoms. The highest BCUT2D eigenvalue weighted by atomic mass is 32.1. The average Bonchev–Trinajstić information content (AvgIpc) is 2.95. The molecule has 88 valence electrons. The van der Waals surface area contributed by atoms with Crippen molar-refractivity contribution in [3.05, 3.63) is 46.4 Å². The Labute approximate surface area is 104 Å². The highest BCUT2D eigenvalue weighted by Gasteiger charge is 1.97. The van der Waals surface area contributed by atoms with Crippen molar-refractivity contribution in [3.63, 3.8) is 0 Å². The lowest BCUT2D eigenvalue weighted by Gasteiger charge is -1.98. The molecule has 2 rings (SSSR count). The minimum Gasteiger partial charge on any atom is -0.348 e. The second kappa shape index (κ2) is 5.45. The first kappa shape index (κ1) is 11.6. The van der Waals surface area contributed by atoms with E-state index in [4.69, 9.17) is 0 Å². The van der Waals surface area contributed by atoms with Crippen molar-refractivity contribution >= 4 is 23.3 Å². The molecule has 2 aromatic rings. The third kappa shape index (κ3) is 3.57. The third-order valence-electron chi connectivity index (χ3n) is 2.17. The van der Waals surface area contributed by atoms with Crippen LogP contribution >= 0.6 is 11.3 Å². The van der Waals surface area contributed by atoms with Gasteiger partial charge in [0.2, 0.25) is 5.91 Å². The van der Waals surface area contributed by atoms with Crippen molar-refractivity contribution in [2.75, 3.05) is 0 Å². The van der Waals surface area contributed by atoms with E-state index in [0.717, 1.165) is 10.4 Å². The summed E-state index contributed by atoms with van der Waals surface area (Å²) in [5.74, 6) is -0.0951.